The van der Waals surface area contributed by atoms with E-state index < -0.39 is 0 Å². The lowest BCUT2D eigenvalue weighted by molar-refractivity contribution is 0.251. The van der Waals surface area contributed by atoms with Crippen LogP contribution in [0.25, 0.3) is 0 Å². The second kappa shape index (κ2) is 6.26. The first-order valence-electron chi connectivity index (χ1n) is 5.88. The summed E-state index contributed by atoms with van der Waals surface area (Å²) in [6.45, 7) is 0.481. The summed E-state index contributed by atoms with van der Waals surface area (Å²) in [5.74, 6) is 1.30. The molecule has 106 valence electrons. The molecule has 1 unspecified atom stereocenters. The first kappa shape index (κ1) is 14.8. The van der Waals surface area contributed by atoms with E-state index in [4.69, 9.17) is 26.8 Å². The van der Waals surface area contributed by atoms with Gasteiger partial charge >= 0.3 is 6.01 Å². The summed E-state index contributed by atoms with van der Waals surface area (Å²) in [6, 6.07) is 5.94. The number of rotatable bonds is 2. The number of halogens is 2. The zero-order valence-electron chi connectivity index (χ0n) is 10.5. The summed E-state index contributed by atoms with van der Waals surface area (Å²) in [4.78, 5) is 7.98. The molecule has 0 bridgehead atoms. The molecule has 3 rings (SSSR count). The molecule has 0 aliphatic carbocycles. The molecule has 0 amide bonds. The number of aromatic nitrogens is 2. The highest BCUT2D eigenvalue weighted by Gasteiger charge is 2.20. The van der Waals surface area contributed by atoms with Gasteiger partial charge < -0.3 is 15.2 Å². The van der Waals surface area contributed by atoms with Crippen molar-refractivity contribution in [1.29, 1.82) is 0 Å². The highest BCUT2D eigenvalue weighted by Crippen LogP contribution is 2.36. The van der Waals surface area contributed by atoms with Crippen LogP contribution in [0.15, 0.2) is 30.6 Å². The van der Waals surface area contributed by atoms with Crippen molar-refractivity contribution in [1.82, 2.24) is 9.97 Å². The third kappa shape index (κ3) is 3.12. The van der Waals surface area contributed by atoms with Crippen LogP contribution in [0, 0.1) is 0 Å². The lowest BCUT2D eigenvalue weighted by atomic mass is 10.0. The topological polar surface area (TPSA) is 70.3 Å². The molecule has 0 saturated carbocycles. The third-order valence-corrected chi connectivity index (χ3v) is 2.98. The van der Waals surface area contributed by atoms with E-state index in [-0.39, 0.29) is 24.5 Å². The second-order valence-corrected chi connectivity index (χ2v) is 4.74. The van der Waals surface area contributed by atoms with Crippen LogP contribution in [0.3, 0.4) is 0 Å². The molecule has 1 aliphatic heterocycles. The molecule has 2 heterocycles. The van der Waals surface area contributed by atoms with Crippen LogP contribution in [0.2, 0.25) is 5.02 Å². The Morgan fingerprint density at radius 1 is 1.30 bits per heavy atom. The first-order valence-corrected chi connectivity index (χ1v) is 6.26. The van der Waals surface area contributed by atoms with Crippen molar-refractivity contribution in [3.8, 4) is 17.5 Å². The maximum Gasteiger partial charge on any atom is 0.322 e. The zero-order valence-corrected chi connectivity index (χ0v) is 12.0. The van der Waals surface area contributed by atoms with E-state index in [9.17, 15) is 0 Å². The van der Waals surface area contributed by atoms with Crippen molar-refractivity contribution < 1.29 is 9.47 Å². The molecule has 0 saturated heterocycles. The van der Waals surface area contributed by atoms with Gasteiger partial charge in [0.25, 0.3) is 0 Å². The van der Waals surface area contributed by atoms with Gasteiger partial charge in [-0.25, -0.2) is 9.97 Å². The Labute approximate surface area is 127 Å². The number of hydrogen-bond donors (Lipinski definition) is 1. The molecule has 1 atom stereocenters. The summed E-state index contributed by atoms with van der Waals surface area (Å²) < 4.78 is 11.3. The van der Waals surface area contributed by atoms with Crippen molar-refractivity contribution in [2.24, 2.45) is 5.73 Å². The van der Waals surface area contributed by atoms with E-state index in [1.807, 2.05) is 18.2 Å². The molecule has 0 radical (unpaired) electrons. The molecule has 1 aromatic carbocycles. The number of benzene rings is 1. The van der Waals surface area contributed by atoms with E-state index in [2.05, 4.69) is 9.97 Å². The predicted octanol–water partition coefficient (Wildman–Crippen LogP) is 2.61. The Bertz CT molecular complexity index is 593. The number of fused-ring (bicyclic) bond motifs is 1. The van der Waals surface area contributed by atoms with Gasteiger partial charge in [0, 0.05) is 6.04 Å². The van der Waals surface area contributed by atoms with Gasteiger partial charge in [-0.15, -0.1) is 12.4 Å². The summed E-state index contributed by atoms with van der Waals surface area (Å²) in [5.41, 5.74) is 6.90. The third-order valence-electron chi connectivity index (χ3n) is 2.78. The first-order chi connectivity index (χ1) is 9.22. The fraction of sp³-hybridized carbons (Fsp3) is 0.231. The highest BCUT2D eigenvalue weighted by atomic mass is 35.5. The van der Waals surface area contributed by atoms with Crippen molar-refractivity contribution in [2.45, 2.75) is 12.5 Å². The minimum atomic E-state index is 0. The lowest BCUT2D eigenvalue weighted by Gasteiger charge is -2.23. The molecule has 2 N–H and O–H groups in total. The van der Waals surface area contributed by atoms with Crippen LogP contribution in [0.5, 0.6) is 17.5 Å². The quantitative estimate of drug-likeness (QED) is 0.922. The van der Waals surface area contributed by atoms with Gasteiger partial charge in [0.05, 0.1) is 17.4 Å². The van der Waals surface area contributed by atoms with Crippen LogP contribution >= 0.6 is 24.0 Å². The van der Waals surface area contributed by atoms with E-state index in [1.165, 1.54) is 12.4 Å². The molecule has 1 aliphatic rings. The van der Waals surface area contributed by atoms with Crippen LogP contribution < -0.4 is 15.2 Å². The number of para-hydroxylation sites is 1. The fourth-order valence-electron chi connectivity index (χ4n) is 1.95. The van der Waals surface area contributed by atoms with Crippen molar-refractivity contribution >= 4 is 24.0 Å². The average molecular weight is 314 g/mol. The minimum absolute atomic E-state index is 0. The Morgan fingerprint density at radius 3 is 2.80 bits per heavy atom. The van der Waals surface area contributed by atoms with Crippen LogP contribution in [0.1, 0.15) is 5.56 Å². The molecule has 0 spiro atoms. The Morgan fingerprint density at radius 2 is 2.05 bits per heavy atom. The maximum atomic E-state index is 5.86. The Kier molecular flexibility index (Phi) is 4.65. The minimum Gasteiger partial charge on any atom is -0.488 e. The summed E-state index contributed by atoms with van der Waals surface area (Å²) in [7, 11) is 0. The smallest absolute Gasteiger partial charge is 0.322 e. The van der Waals surface area contributed by atoms with E-state index >= 15 is 0 Å². The second-order valence-electron chi connectivity index (χ2n) is 4.31. The Balaban J connectivity index is 0.00000147. The molecule has 20 heavy (non-hydrogen) atoms. The van der Waals surface area contributed by atoms with Gasteiger partial charge in [0.2, 0.25) is 0 Å². The van der Waals surface area contributed by atoms with Crippen molar-refractivity contribution in [2.75, 3.05) is 6.61 Å². The van der Waals surface area contributed by atoms with E-state index in [0.29, 0.717) is 23.1 Å². The molecular weight excluding hydrogens is 301 g/mol. The molecular formula is C13H13Cl2N3O2. The standard InChI is InChI=1S/C13H12ClN3O2.ClH/c14-9-5-16-13(17-6-9)19-11-3-1-2-8-4-10(15)7-18-12(8)11;/h1-3,5-6,10H,4,7,15H2;1H. The van der Waals surface area contributed by atoms with Gasteiger partial charge in [-0.3, -0.25) is 0 Å². The Hall–Kier alpha value is -1.56. The average Bonchev–Trinajstić information content (AvgIpc) is 2.41. The summed E-state index contributed by atoms with van der Waals surface area (Å²) in [5, 5.41) is 0.463. The van der Waals surface area contributed by atoms with E-state index in [1.54, 1.807) is 0 Å². The van der Waals surface area contributed by atoms with Crippen LogP contribution in [0.4, 0.5) is 0 Å². The van der Waals surface area contributed by atoms with Crippen molar-refractivity contribution in [3.05, 3.63) is 41.2 Å². The summed E-state index contributed by atoms with van der Waals surface area (Å²) in [6.07, 6.45) is 3.74. The molecule has 5 nitrogen and oxygen atoms in total. The van der Waals surface area contributed by atoms with Gasteiger partial charge in [-0.1, -0.05) is 23.7 Å². The predicted molar refractivity (Wildman–Crippen MR) is 78.0 cm³/mol. The van der Waals surface area contributed by atoms with Gasteiger partial charge in [-0.2, -0.15) is 0 Å². The van der Waals surface area contributed by atoms with Gasteiger partial charge in [0.15, 0.2) is 11.5 Å². The molecule has 2 aromatic rings. The van der Waals surface area contributed by atoms with Crippen LogP contribution in [-0.4, -0.2) is 22.6 Å². The lowest BCUT2D eigenvalue weighted by Crippen LogP contribution is -2.33. The van der Waals surface area contributed by atoms with Gasteiger partial charge in [-0.05, 0) is 18.1 Å². The molecule has 0 fully saturated rings. The fourth-order valence-corrected chi connectivity index (χ4v) is 2.05. The maximum absolute atomic E-state index is 5.86. The van der Waals surface area contributed by atoms with Gasteiger partial charge in [0.1, 0.15) is 6.61 Å². The number of nitrogens with two attached hydrogens (primary N) is 1. The van der Waals surface area contributed by atoms with E-state index in [0.717, 1.165) is 12.0 Å². The number of ether oxygens (including phenoxy) is 2. The zero-order chi connectivity index (χ0) is 13.2. The number of hydrogen-bond acceptors (Lipinski definition) is 5. The van der Waals surface area contributed by atoms with Crippen molar-refractivity contribution in [3.63, 3.8) is 0 Å². The number of nitrogens with zero attached hydrogens (tertiary/aromatic N) is 2. The van der Waals surface area contributed by atoms with Crippen LogP contribution in [-0.2, 0) is 6.42 Å². The monoisotopic (exact) mass is 313 g/mol. The molecule has 7 heteroatoms. The highest BCUT2D eigenvalue weighted by molar-refractivity contribution is 6.30. The summed E-state index contributed by atoms with van der Waals surface area (Å²) >= 11 is 5.73. The normalized spacial score (nSPS) is 16.6. The largest absolute Gasteiger partial charge is 0.488 e. The SMILES string of the molecule is Cl.NC1COc2c(cccc2Oc2ncc(Cl)cn2)C1. The molecule has 1 aromatic heterocycles.